The first-order valence-electron chi connectivity index (χ1n) is 10.1. The van der Waals surface area contributed by atoms with Crippen molar-refractivity contribution in [3.63, 3.8) is 0 Å². The summed E-state index contributed by atoms with van der Waals surface area (Å²) in [4.78, 5) is 22.6. The molecule has 1 unspecified atom stereocenters. The molecule has 1 aliphatic rings. The lowest BCUT2D eigenvalue weighted by Crippen LogP contribution is -2.45. The highest BCUT2D eigenvalue weighted by atomic mass is 127. The van der Waals surface area contributed by atoms with Gasteiger partial charge in [-0.25, -0.2) is 9.37 Å². The van der Waals surface area contributed by atoms with Crippen molar-refractivity contribution in [1.82, 2.24) is 20.5 Å². The number of hydrogen-bond acceptors (Lipinski definition) is 4. The van der Waals surface area contributed by atoms with Gasteiger partial charge < -0.3 is 20.3 Å². The molecular formula is C22H29FIN5O2. The van der Waals surface area contributed by atoms with Crippen LogP contribution in [0.15, 0.2) is 47.6 Å². The molecule has 3 rings (SSSR count). The molecule has 1 fully saturated rings. The Hall–Kier alpha value is -2.43. The molecule has 1 aliphatic heterocycles. The van der Waals surface area contributed by atoms with E-state index in [-0.39, 0.29) is 47.7 Å². The number of halogens is 2. The normalized spacial score (nSPS) is 16.1. The highest BCUT2D eigenvalue weighted by molar-refractivity contribution is 14.0. The molecule has 168 valence electrons. The second-order valence-corrected chi connectivity index (χ2v) is 7.56. The van der Waals surface area contributed by atoms with Gasteiger partial charge in [-0.1, -0.05) is 19.9 Å². The molecule has 9 heteroatoms. The first-order chi connectivity index (χ1) is 14.4. The fraction of sp³-hybridized carbons (Fsp3) is 0.409. The molecule has 1 aromatic carbocycles. The van der Waals surface area contributed by atoms with Crippen LogP contribution in [0.2, 0.25) is 0 Å². The molecule has 31 heavy (non-hydrogen) atoms. The summed E-state index contributed by atoms with van der Waals surface area (Å²) in [6.45, 7) is 5.85. The lowest BCUT2D eigenvalue weighted by atomic mass is 10.2. The summed E-state index contributed by atoms with van der Waals surface area (Å²) in [5.74, 6) is 1.55. The summed E-state index contributed by atoms with van der Waals surface area (Å²) in [5, 5.41) is 6.65. The Kier molecular flexibility index (Phi) is 9.47. The van der Waals surface area contributed by atoms with E-state index in [9.17, 15) is 9.18 Å². The number of pyridine rings is 1. The monoisotopic (exact) mass is 541 g/mol. The Labute approximate surface area is 199 Å². The van der Waals surface area contributed by atoms with Crippen molar-refractivity contribution in [2.24, 2.45) is 10.9 Å². The molecule has 1 saturated heterocycles. The third-order valence-corrected chi connectivity index (χ3v) is 4.85. The van der Waals surface area contributed by atoms with Crippen LogP contribution < -0.4 is 15.4 Å². The Morgan fingerprint density at radius 2 is 2.03 bits per heavy atom. The number of hydrogen-bond donors (Lipinski definition) is 2. The first kappa shape index (κ1) is 24.8. The number of nitrogens with zero attached hydrogens (tertiary/aromatic N) is 3. The smallest absolute Gasteiger partial charge is 0.225 e. The van der Waals surface area contributed by atoms with Gasteiger partial charge in [0, 0.05) is 50.9 Å². The largest absolute Gasteiger partial charge is 0.439 e. The highest BCUT2D eigenvalue weighted by Crippen LogP contribution is 2.19. The number of aliphatic imine (C=N–C) groups is 1. The van der Waals surface area contributed by atoms with Crippen LogP contribution in [-0.2, 0) is 11.3 Å². The number of guanidine groups is 1. The number of carbonyl (C=O) groups is 1. The number of benzene rings is 1. The fourth-order valence-corrected chi connectivity index (χ4v) is 3.22. The first-order valence-corrected chi connectivity index (χ1v) is 10.1. The maximum atomic E-state index is 13.0. The van der Waals surface area contributed by atoms with Crippen LogP contribution in [0, 0.1) is 11.7 Å². The van der Waals surface area contributed by atoms with Crippen molar-refractivity contribution >= 4 is 35.8 Å². The summed E-state index contributed by atoms with van der Waals surface area (Å²) in [5.41, 5.74) is 0.965. The Morgan fingerprint density at radius 3 is 2.65 bits per heavy atom. The van der Waals surface area contributed by atoms with Crippen LogP contribution in [0.5, 0.6) is 11.6 Å². The van der Waals surface area contributed by atoms with Crippen LogP contribution in [0.1, 0.15) is 25.8 Å². The standard InChI is InChI=1S/C22H28FN5O2.HI/c1-15(2)21(29)28-11-10-18(14-28)27-22(24-3)26-13-16-4-9-20(25-12-16)30-19-7-5-17(23)6-8-19;/h4-9,12,15,18H,10-11,13-14H2,1-3H3,(H2,24,26,27);1H. The van der Waals surface area contributed by atoms with Gasteiger partial charge in [-0.3, -0.25) is 9.79 Å². The molecule has 7 nitrogen and oxygen atoms in total. The number of rotatable bonds is 6. The van der Waals surface area contributed by atoms with E-state index in [1.807, 2.05) is 24.8 Å². The predicted molar refractivity (Wildman–Crippen MR) is 129 cm³/mol. The minimum atomic E-state index is -0.310. The molecule has 1 aromatic heterocycles. The molecule has 0 spiro atoms. The molecule has 1 atom stereocenters. The van der Waals surface area contributed by atoms with Crippen LogP contribution in [0.3, 0.4) is 0 Å². The van der Waals surface area contributed by atoms with Gasteiger partial charge in [-0.15, -0.1) is 24.0 Å². The second kappa shape index (κ2) is 11.8. The van der Waals surface area contributed by atoms with E-state index in [0.717, 1.165) is 18.5 Å². The number of amides is 1. The van der Waals surface area contributed by atoms with Crippen LogP contribution in [0.4, 0.5) is 4.39 Å². The van der Waals surface area contributed by atoms with Gasteiger partial charge in [0.25, 0.3) is 0 Å². The molecule has 0 saturated carbocycles. The topological polar surface area (TPSA) is 78.9 Å². The van der Waals surface area contributed by atoms with E-state index < -0.39 is 0 Å². The van der Waals surface area contributed by atoms with Gasteiger partial charge in [0.15, 0.2) is 5.96 Å². The van der Waals surface area contributed by atoms with Crippen molar-refractivity contribution in [3.05, 3.63) is 54.0 Å². The predicted octanol–water partition coefficient (Wildman–Crippen LogP) is 3.55. The fourth-order valence-electron chi connectivity index (χ4n) is 3.22. The minimum absolute atomic E-state index is 0. The molecular weight excluding hydrogens is 512 g/mol. The lowest BCUT2D eigenvalue weighted by molar-refractivity contribution is -0.133. The van der Waals surface area contributed by atoms with Crippen molar-refractivity contribution in [2.75, 3.05) is 20.1 Å². The molecule has 0 aliphatic carbocycles. The van der Waals surface area contributed by atoms with Gasteiger partial charge in [0.05, 0.1) is 0 Å². The second-order valence-electron chi connectivity index (χ2n) is 7.56. The molecule has 1 amide bonds. The van der Waals surface area contributed by atoms with Crippen LogP contribution >= 0.6 is 24.0 Å². The van der Waals surface area contributed by atoms with Crippen LogP contribution in [0.25, 0.3) is 0 Å². The van der Waals surface area contributed by atoms with Crippen molar-refractivity contribution in [3.8, 4) is 11.6 Å². The number of ether oxygens (including phenoxy) is 1. The lowest BCUT2D eigenvalue weighted by Gasteiger charge is -2.20. The zero-order valence-electron chi connectivity index (χ0n) is 18.0. The quantitative estimate of drug-likeness (QED) is 0.333. The van der Waals surface area contributed by atoms with E-state index in [1.54, 1.807) is 31.4 Å². The maximum Gasteiger partial charge on any atom is 0.225 e. The van der Waals surface area contributed by atoms with E-state index in [1.165, 1.54) is 12.1 Å². The zero-order valence-corrected chi connectivity index (χ0v) is 20.3. The summed E-state index contributed by atoms with van der Waals surface area (Å²) in [6.07, 6.45) is 2.62. The van der Waals surface area contributed by atoms with E-state index in [0.29, 0.717) is 30.7 Å². The van der Waals surface area contributed by atoms with Crippen molar-refractivity contribution in [2.45, 2.75) is 32.9 Å². The molecule has 0 radical (unpaired) electrons. The van der Waals surface area contributed by atoms with Gasteiger partial charge >= 0.3 is 0 Å². The summed E-state index contributed by atoms with van der Waals surface area (Å²) in [7, 11) is 1.72. The van der Waals surface area contributed by atoms with Gasteiger partial charge in [-0.2, -0.15) is 0 Å². The zero-order chi connectivity index (χ0) is 21.5. The van der Waals surface area contributed by atoms with E-state index >= 15 is 0 Å². The third-order valence-electron chi connectivity index (χ3n) is 4.85. The molecule has 0 bridgehead atoms. The molecule has 2 N–H and O–H groups in total. The number of likely N-dealkylation sites (tertiary alicyclic amines) is 1. The van der Waals surface area contributed by atoms with Crippen molar-refractivity contribution < 1.29 is 13.9 Å². The summed E-state index contributed by atoms with van der Waals surface area (Å²) < 4.78 is 18.6. The third kappa shape index (κ3) is 7.34. The van der Waals surface area contributed by atoms with Gasteiger partial charge in [0.2, 0.25) is 11.8 Å². The Balaban J connectivity index is 0.00000341. The van der Waals surface area contributed by atoms with E-state index in [2.05, 4.69) is 20.6 Å². The molecule has 2 heterocycles. The van der Waals surface area contributed by atoms with Gasteiger partial charge in [-0.05, 0) is 36.2 Å². The average molecular weight is 541 g/mol. The highest BCUT2D eigenvalue weighted by Gasteiger charge is 2.27. The average Bonchev–Trinajstić information content (AvgIpc) is 3.21. The Bertz CT molecular complexity index is 874. The van der Waals surface area contributed by atoms with Crippen LogP contribution in [-0.4, -0.2) is 47.9 Å². The number of aromatic nitrogens is 1. The minimum Gasteiger partial charge on any atom is -0.439 e. The SMILES string of the molecule is CN=C(NCc1ccc(Oc2ccc(F)cc2)nc1)NC1CCN(C(=O)C(C)C)C1.I. The number of carbonyl (C=O) groups excluding carboxylic acids is 1. The van der Waals surface area contributed by atoms with Gasteiger partial charge in [0.1, 0.15) is 11.6 Å². The van der Waals surface area contributed by atoms with E-state index in [4.69, 9.17) is 4.74 Å². The van der Waals surface area contributed by atoms with Crippen molar-refractivity contribution in [1.29, 1.82) is 0 Å². The number of nitrogens with one attached hydrogen (secondary N) is 2. The summed E-state index contributed by atoms with van der Waals surface area (Å²) >= 11 is 0. The maximum absolute atomic E-state index is 13.0. The Morgan fingerprint density at radius 1 is 1.29 bits per heavy atom. The molecule has 2 aromatic rings. The summed E-state index contributed by atoms with van der Waals surface area (Å²) in [6, 6.07) is 9.65.